The zero-order valence-corrected chi connectivity index (χ0v) is 10.5. The van der Waals surface area contributed by atoms with Crippen LogP contribution in [0.5, 0.6) is 0 Å². The van der Waals surface area contributed by atoms with Crippen molar-refractivity contribution in [3.05, 3.63) is 70.9 Å². The monoisotopic (exact) mass is 265 g/mol. The molecule has 0 bridgehead atoms. The Morgan fingerprint density at radius 2 is 1.85 bits per heavy atom. The maximum atomic E-state index is 11.8. The van der Waals surface area contributed by atoms with Crippen LogP contribution in [0, 0.1) is 0 Å². The highest BCUT2D eigenvalue weighted by atomic mass is 16.2. The minimum Gasteiger partial charge on any atom is -0.265 e. The topological polar surface area (TPSA) is 75.9 Å². The summed E-state index contributed by atoms with van der Waals surface area (Å²) in [4.78, 5) is 15.7. The first-order valence-electron chi connectivity index (χ1n) is 6.02. The van der Waals surface area contributed by atoms with E-state index in [-0.39, 0.29) is 5.69 Å². The number of nitrogens with zero attached hydrogens (tertiary/aromatic N) is 4. The average molecular weight is 265 g/mol. The highest BCUT2D eigenvalue weighted by molar-refractivity contribution is 5.79. The lowest BCUT2D eigenvalue weighted by Gasteiger charge is -1.99. The smallest absolute Gasteiger partial charge is 0.265 e. The third-order valence-electron chi connectivity index (χ3n) is 2.71. The molecule has 0 spiro atoms. The number of hydrogen-bond acceptors (Lipinski definition) is 4. The van der Waals surface area contributed by atoms with Crippen molar-refractivity contribution in [3.63, 3.8) is 0 Å². The summed E-state index contributed by atoms with van der Waals surface area (Å²) in [6.07, 6.45) is 4.92. The summed E-state index contributed by atoms with van der Waals surface area (Å²) in [6.45, 7) is 0. The highest BCUT2D eigenvalue weighted by Gasteiger charge is 2.08. The normalized spacial score (nSPS) is 11.0. The summed E-state index contributed by atoms with van der Waals surface area (Å²) < 4.78 is 1.23. The molecule has 0 aliphatic heterocycles. The molecular weight excluding hydrogens is 254 g/mol. The molecule has 6 heteroatoms. The molecule has 2 aromatic heterocycles. The molecule has 0 saturated heterocycles. The fraction of sp³-hybridized carbons (Fsp3) is 0. The van der Waals surface area contributed by atoms with Crippen LogP contribution in [-0.2, 0) is 0 Å². The number of aromatic amines is 1. The molecular formula is C14H11N5O. The largest absolute Gasteiger partial charge is 0.364 e. The van der Waals surface area contributed by atoms with E-state index in [0.29, 0.717) is 5.82 Å². The van der Waals surface area contributed by atoms with E-state index in [1.54, 1.807) is 30.7 Å². The summed E-state index contributed by atoms with van der Waals surface area (Å²) in [5, 5.41) is 10.6. The molecule has 1 N–H and O–H groups in total. The molecule has 20 heavy (non-hydrogen) atoms. The van der Waals surface area contributed by atoms with Gasteiger partial charge in [0, 0.05) is 18.0 Å². The van der Waals surface area contributed by atoms with Gasteiger partial charge in [0.25, 0.3) is 0 Å². The number of nitrogens with one attached hydrogen (secondary N) is 1. The summed E-state index contributed by atoms with van der Waals surface area (Å²) in [5.41, 5.74) is 1.29. The first kappa shape index (κ1) is 12.0. The zero-order valence-electron chi connectivity index (χ0n) is 10.5. The Kier molecular flexibility index (Phi) is 3.20. The van der Waals surface area contributed by atoms with Gasteiger partial charge in [-0.05, 0) is 17.7 Å². The Hall–Kier alpha value is -3.02. The molecule has 3 aromatic rings. The van der Waals surface area contributed by atoms with Gasteiger partial charge in [-0.1, -0.05) is 30.3 Å². The van der Waals surface area contributed by atoms with Crippen LogP contribution < -0.4 is 5.69 Å². The predicted octanol–water partition coefficient (Wildman–Crippen LogP) is 1.52. The Labute approximate surface area is 114 Å². The lowest BCUT2D eigenvalue weighted by Crippen LogP contribution is -2.13. The Morgan fingerprint density at radius 1 is 1.10 bits per heavy atom. The lowest BCUT2D eigenvalue weighted by molar-refractivity contribution is 0.842. The van der Waals surface area contributed by atoms with Crippen LogP contribution in [0.2, 0.25) is 0 Å². The lowest BCUT2D eigenvalue weighted by atomic mass is 10.2. The maximum Gasteiger partial charge on any atom is 0.364 e. The molecule has 0 saturated carbocycles. The Morgan fingerprint density at radius 3 is 2.60 bits per heavy atom. The summed E-state index contributed by atoms with van der Waals surface area (Å²) in [6, 6.07) is 13.0. The van der Waals surface area contributed by atoms with Crippen LogP contribution in [0.25, 0.3) is 11.4 Å². The van der Waals surface area contributed by atoms with E-state index in [1.165, 1.54) is 4.68 Å². The average Bonchev–Trinajstić information content (AvgIpc) is 2.88. The molecule has 0 aliphatic carbocycles. The zero-order chi connectivity index (χ0) is 13.8. The van der Waals surface area contributed by atoms with Crippen molar-refractivity contribution < 1.29 is 0 Å². The molecule has 0 unspecified atom stereocenters. The minimum absolute atomic E-state index is 0.380. The van der Waals surface area contributed by atoms with Crippen LogP contribution in [0.1, 0.15) is 5.56 Å². The van der Waals surface area contributed by atoms with Crippen molar-refractivity contribution in [2.75, 3.05) is 0 Å². The minimum atomic E-state index is -0.380. The van der Waals surface area contributed by atoms with Crippen molar-refractivity contribution in [2.24, 2.45) is 5.10 Å². The van der Waals surface area contributed by atoms with E-state index in [9.17, 15) is 4.79 Å². The third-order valence-corrected chi connectivity index (χ3v) is 2.71. The molecule has 0 amide bonds. The maximum absolute atomic E-state index is 11.8. The van der Waals surface area contributed by atoms with Crippen molar-refractivity contribution in [3.8, 4) is 11.4 Å². The summed E-state index contributed by atoms with van der Waals surface area (Å²) in [7, 11) is 0. The van der Waals surface area contributed by atoms with Crippen molar-refractivity contribution in [2.45, 2.75) is 0 Å². The van der Waals surface area contributed by atoms with Crippen LogP contribution in [0.15, 0.2) is 64.8 Å². The molecule has 0 fully saturated rings. The van der Waals surface area contributed by atoms with Crippen molar-refractivity contribution >= 4 is 6.21 Å². The van der Waals surface area contributed by atoms with Gasteiger partial charge in [0.2, 0.25) is 0 Å². The van der Waals surface area contributed by atoms with E-state index in [2.05, 4.69) is 20.3 Å². The fourth-order valence-electron chi connectivity index (χ4n) is 1.75. The summed E-state index contributed by atoms with van der Waals surface area (Å²) in [5.74, 6) is 0.473. The molecule has 1 aromatic carbocycles. The quantitative estimate of drug-likeness (QED) is 0.729. The van der Waals surface area contributed by atoms with Gasteiger partial charge in [-0.2, -0.15) is 14.9 Å². The summed E-state index contributed by atoms with van der Waals surface area (Å²) >= 11 is 0. The second-order valence-corrected chi connectivity index (χ2v) is 4.06. The highest BCUT2D eigenvalue weighted by Crippen LogP contribution is 2.13. The van der Waals surface area contributed by atoms with Crippen LogP contribution in [0.4, 0.5) is 0 Å². The second-order valence-electron chi connectivity index (χ2n) is 4.06. The number of benzene rings is 1. The van der Waals surface area contributed by atoms with Gasteiger partial charge in [0.05, 0.1) is 6.21 Å². The number of rotatable bonds is 3. The van der Waals surface area contributed by atoms with E-state index in [0.717, 1.165) is 11.1 Å². The third kappa shape index (κ3) is 2.39. The molecule has 3 rings (SSSR count). The van der Waals surface area contributed by atoms with Gasteiger partial charge >= 0.3 is 5.69 Å². The van der Waals surface area contributed by atoms with Crippen LogP contribution >= 0.6 is 0 Å². The predicted molar refractivity (Wildman–Crippen MR) is 75.5 cm³/mol. The molecule has 0 aliphatic rings. The van der Waals surface area contributed by atoms with E-state index in [1.807, 2.05) is 30.3 Å². The van der Waals surface area contributed by atoms with E-state index in [4.69, 9.17) is 0 Å². The van der Waals surface area contributed by atoms with Gasteiger partial charge in [0.15, 0.2) is 5.82 Å². The van der Waals surface area contributed by atoms with Crippen molar-refractivity contribution in [1.82, 2.24) is 19.9 Å². The Bertz CT molecular complexity index is 774. The number of aromatic nitrogens is 4. The van der Waals surface area contributed by atoms with E-state index < -0.39 is 0 Å². The molecule has 2 heterocycles. The van der Waals surface area contributed by atoms with Gasteiger partial charge in [-0.3, -0.25) is 4.98 Å². The molecule has 0 atom stereocenters. The van der Waals surface area contributed by atoms with Gasteiger partial charge in [-0.25, -0.2) is 9.89 Å². The molecule has 0 radical (unpaired) electrons. The fourth-order valence-corrected chi connectivity index (χ4v) is 1.75. The first-order valence-corrected chi connectivity index (χ1v) is 6.02. The number of pyridine rings is 1. The second kappa shape index (κ2) is 5.31. The standard InChI is InChI=1S/C14H11N5O/c20-14-18-17-13(12-4-2-1-3-5-12)19(14)16-10-11-6-8-15-9-7-11/h1-10H,(H,18,20)/b16-10+. The van der Waals surface area contributed by atoms with Gasteiger partial charge in [0.1, 0.15) is 0 Å². The number of H-pyrrole nitrogens is 1. The molecule has 6 nitrogen and oxygen atoms in total. The molecule has 98 valence electrons. The van der Waals surface area contributed by atoms with Crippen LogP contribution in [0.3, 0.4) is 0 Å². The van der Waals surface area contributed by atoms with Crippen molar-refractivity contribution in [1.29, 1.82) is 0 Å². The number of hydrogen-bond donors (Lipinski definition) is 1. The Balaban J connectivity index is 2.01. The SMILES string of the molecule is O=c1[nH]nc(-c2ccccc2)n1/N=C/c1ccncc1. The van der Waals surface area contributed by atoms with Crippen LogP contribution in [-0.4, -0.2) is 26.1 Å². The first-order chi connectivity index (χ1) is 9.84. The van der Waals surface area contributed by atoms with Gasteiger partial charge < -0.3 is 0 Å². The van der Waals surface area contributed by atoms with E-state index >= 15 is 0 Å². The van der Waals surface area contributed by atoms with Gasteiger partial charge in [-0.15, -0.1) is 0 Å².